The second-order valence-electron chi connectivity index (χ2n) is 24.9. The molecule has 5 rings (SSSR count). The molecule has 4 unspecified atom stereocenters. The van der Waals surface area contributed by atoms with E-state index in [0.717, 1.165) is 0 Å². The Labute approximate surface area is 563 Å². The number of unbranched alkanes of at least 4 members (excludes halogenated alkanes) is 3. The molecule has 528 valence electrons. The lowest BCUT2D eigenvalue weighted by Gasteiger charge is -2.33. The van der Waals surface area contributed by atoms with Crippen LogP contribution in [0.2, 0.25) is 0 Å². The largest absolute Gasteiger partial charge is 0.481 e. The van der Waals surface area contributed by atoms with E-state index in [1.54, 1.807) is 87.1 Å². The van der Waals surface area contributed by atoms with Gasteiger partial charge >= 0.3 is 29.8 Å². The van der Waals surface area contributed by atoms with Crippen molar-refractivity contribution in [2.45, 2.75) is 97.7 Å². The SMILES string of the molecule is CC(=O)NCCCCCNC(=O)C(CC(CC(CS)C(=O)N(C)C)C(=O)NCCCCC(NC(=O)Cn1nnc2c1-c1ccccc1CN(C(=O)CCNC(=O)CN1CCN(CC(=O)O)CCN(CC(=O)O)CCN(CC(=O)O)CC1)c1ccccc1-2)C(=O)O)C(C)(C)C(=O)O. The number of nitrogens with zero attached hydrogens (tertiary/aromatic N) is 9. The van der Waals surface area contributed by atoms with Crippen LogP contribution in [0.5, 0.6) is 0 Å². The lowest BCUT2D eigenvalue weighted by molar-refractivity contribution is -0.155. The van der Waals surface area contributed by atoms with Gasteiger partial charge < -0.3 is 61.9 Å². The minimum Gasteiger partial charge on any atom is -0.481 e. The first kappa shape index (κ1) is 78.1. The molecule has 96 heavy (non-hydrogen) atoms. The number of rotatable bonds is 36. The van der Waals surface area contributed by atoms with Gasteiger partial charge in [0.25, 0.3) is 0 Å². The molecule has 10 N–H and O–H groups in total. The van der Waals surface area contributed by atoms with Crippen LogP contribution in [0, 0.1) is 23.2 Å². The number of carboxylic acid groups (broad SMARTS) is 5. The average molecular weight is 1360 g/mol. The Morgan fingerprint density at radius 2 is 1.11 bits per heavy atom. The van der Waals surface area contributed by atoms with Crippen LogP contribution in [0.1, 0.15) is 84.1 Å². The van der Waals surface area contributed by atoms with Crippen molar-refractivity contribution in [2.24, 2.45) is 23.2 Å². The first-order chi connectivity index (χ1) is 45.6. The number of thiol groups is 1. The quantitative estimate of drug-likeness (QED) is 0.0278. The highest BCUT2D eigenvalue weighted by Crippen LogP contribution is 2.41. The topological polar surface area (TPSA) is 416 Å². The van der Waals surface area contributed by atoms with E-state index in [4.69, 9.17) is 0 Å². The number of carbonyl (C=O) groups is 12. The van der Waals surface area contributed by atoms with Crippen molar-refractivity contribution >= 4 is 89.5 Å². The summed E-state index contributed by atoms with van der Waals surface area (Å²) in [5.41, 5.74) is 1.27. The van der Waals surface area contributed by atoms with Crippen molar-refractivity contribution in [3.63, 3.8) is 0 Å². The number of benzene rings is 2. The normalized spacial score (nSPS) is 15.5. The summed E-state index contributed by atoms with van der Waals surface area (Å²) in [5.74, 6) is -11.8. The zero-order valence-electron chi connectivity index (χ0n) is 55.3. The zero-order chi connectivity index (χ0) is 70.6. The van der Waals surface area contributed by atoms with Gasteiger partial charge in [0.15, 0.2) is 0 Å². The van der Waals surface area contributed by atoms with Crippen LogP contribution in [0.15, 0.2) is 48.5 Å². The summed E-state index contributed by atoms with van der Waals surface area (Å²) in [6.45, 7) is 5.03. The van der Waals surface area contributed by atoms with Crippen molar-refractivity contribution in [1.29, 1.82) is 0 Å². The molecule has 4 atom stereocenters. The summed E-state index contributed by atoms with van der Waals surface area (Å²) in [7, 11) is 3.12. The number of aromatic nitrogens is 3. The molecule has 2 aliphatic rings. The number of para-hydroxylation sites is 1. The predicted molar refractivity (Wildman–Crippen MR) is 354 cm³/mol. The third-order valence-corrected chi connectivity index (χ3v) is 17.4. The van der Waals surface area contributed by atoms with Crippen LogP contribution >= 0.6 is 12.6 Å². The Balaban J connectivity index is 1.23. The van der Waals surface area contributed by atoms with E-state index in [1.807, 2.05) is 0 Å². The molecule has 0 saturated carbocycles. The summed E-state index contributed by atoms with van der Waals surface area (Å²) >= 11 is 4.39. The molecule has 1 aromatic heterocycles. The third kappa shape index (κ3) is 24.9. The number of fused-ring (bicyclic) bond motifs is 5. The number of hydrogen-bond acceptors (Lipinski definition) is 19. The highest BCUT2D eigenvalue weighted by molar-refractivity contribution is 7.80. The van der Waals surface area contributed by atoms with E-state index in [9.17, 15) is 83.1 Å². The minimum absolute atomic E-state index is 0.0326. The minimum atomic E-state index is -1.64. The maximum atomic E-state index is 14.4. The smallest absolute Gasteiger partial charge is 0.326 e. The lowest BCUT2D eigenvalue weighted by Crippen LogP contribution is -2.50. The number of anilines is 1. The van der Waals surface area contributed by atoms with Crippen LogP contribution in [0.25, 0.3) is 22.5 Å². The molecule has 0 spiro atoms. The van der Waals surface area contributed by atoms with Gasteiger partial charge in [-0.1, -0.05) is 47.7 Å². The average Bonchev–Trinajstić information content (AvgIpc) is 1.48. The van der Waals surface area contributed by atoms with Crippen LogP contribution < -0.4 is 31.5 Å². The van der Waals surface area contributed by atoms with Gasteiger partial charge in [-0.15, -0.1) is 5.10 Å². The fraction of sp³-hybridized carbons (Fsp3) is 0.594. The van der Waals surface area contributed by atoms with Gasteiger partial charge in [-0.2, -0.15) is 12.6 Å². The molecule has 1 fully saturated rings. The Bertz CT molecular complexity index is 3170. The summed E-state index contributed by atoms with van der Waals surface area (Å²) in [5, 5.41) is 72.0. The molecule has 3 aromatic rings. The Morgan fingerprint density at radius 1 is 0.594 bits per heavy atom. The second-order valence-corrected chi connectivity index (χ2v) is 25.3. The van der Waals surface area contributed by atoms with Crippen LogP contribution in [0.3, 0.4) is 0 Å². The van der Waals surface area contributed by atoms with E-state index in [2.05, 4.69) is 49.5 Å². The van der Waals surface area contributed by atoms with Gasteiger partial charge in [0.2, 0.25) is 41.4 Å². The third-order valence-electron chi connectivity index (χ3n) is 17.0. The van der Waals surface area contributed by atoms with Crippen molar-refractivity contribution in [2.75, 3.05) is 129 Å². The zero-order valence-corrected chi connectivity index (χ0v) is 56.2. The number of aliphatic carboxylic acids is 5. The molecular weight excluding hydrogens is 1270 g/mol. The fourth-order valence-corrected chi connectivity index (χ4v) is 11.9. The Kier molecular flexibility index (Phi) is 31.6. The van der Waals surface area contributed by atoms with E-state index in [1.165, 1.54) is 30.4 Å². The monoisotopic (exact) mass is 1360 g/mol. The van der Waals surface area contributed by atoms with Crippen LogP contribution in [-0.4, -0.2) is 267 Å². The maximum absolute atomic E-state index is 14.4. The predicted octanol–water partition coefficient (Wildman–Crippen LogP) is 0.476. The van der Waals surface area contributed by atoms with Gasteiger partial charge in [0.1, 0.15) is 18.3 Å². The van der Waals surface area contributed by atoms with Crippen molar-refractivity contribution in [3.05, 3.63) is 54.1 Å². The Morgan fingerprint density at radius 3 is 1.65 bits per heavy atom. The van der Waals surface area contributed by atoms with E-state index in [-0.39, 0.29) is 167 Å². The van der Waals surface area contributed by atoms with Gasteiger partial charge in [-0.3, -0.25) is 72.3 Å². The van der Waals surface area contributed by atoms with Crippen LogP contribution in [-0.2, 0) is 70.6 Å². The second kappa shape index (κ2) is 38.8. The van der Waals surface area contributed by atoms with Gasteiger partial charge in [-0.25, -0.2) is 9.48 Å². The van der Waals surface area contributed by atoms with Crippen molar-refractivity contribution < 1.29 is 83.1 Å². The molecule has 7 amide bonds. The molecule has 2 aromatic carbocycles. The van der Waals surface area contributed by atoms with E-state index >= 15 is 0 Å². The number of carboxylic acids is 5. The number of nitrogens with one attached hydrogen (secondary N) is 5. The van der Waals surface area contributed by atoms with Crippen LogP contribution in [0.4, 0.5) is 5.69 Å². The Hall–Kier alpha value is -8.59. The van der Waals surface area contributed by atoms with Crippen molar-refractivity contribution in [3.8, 4) is 22.5 Å². The molecule has 1 saturated heterocycles. The molecule has 3 heterocycles. The van der Waals surface area contributed by atoms with Gasteiger partial charge in [0, 0.05) is 135 Å². The molecule has 31 nitrogen and oxygen atoms in total. The molecule has 0 aliphatic carbocycles. The van der Waals surface area contributed by atoms with E-state index in [0.29, 0.717) is 59.6 Å². The summed E-state index contributed by atoms with van der Waals surface area (Å²) < 4.78 is 1.36. The lowest BCUT2D eigenvalue weighted by atomic mass is 9.72. The molecule has 0 radical (unpaired) electrons. The highest BCUT2D eigenvalue weighted by atomic mass is 32.1. The van der Waals surface area contributed by atoms with Gasteiger partial charge in [-0.05, 0) is 76.8 Å². The van der Waals surface area contributed by atoms with Gasteiger partial charge in [0.05, 0.1) is 55.4 Å². The van der Waals surface area contributed by atoms with Crippen molar-refractivity contribution in [1.82, 2.24) is 66.1 Å². The summed E-state index contributed by atoms with van der Waals surface area (Å²) in [6.07, 6.45) is 1.87. The molecule has 32 heteroatoms. The standard InChI is InChI=1S/C64H94N14O17S/c1-42(79)65-21-12-6-13-22-68-60(90)48(64(2,3)63(94)95)34-44(33-45(41-96)61(91)72(4)5)59(89)67-23-14-11-18-49(62(92)93)69-52(81)37-78-58-46-16-8-7-15-43(46)35-77(50-19-10-9-17-47(50)57(58)70-71-78)53(82)20-24-66-51(80)36-73-25-27-74(38-54(83)84)29-31-76(40-56(87)88)32-30-75(28-26-73)39-55(85)86/h7-10,15-17,19,44-45,48-49,96H,6,11-14,18,20-41H2,1-5H3,(H,65,79)(H,66,80)(H,67,89)(H,68,90)(H,69,81)(H,83,84)(H,85,86)(H,87,88)(H,92,93)(H,94,95). The summed E-state index contributed by atoms with van der Waals surface area (Å²) in [4.78, 5) is 164. The maximum Gasteiger partial charge on any atom is 0.326 e. The number of amides is 7. The fourth-order valence-electron chi connectivity index (χ4n) is 11.6. The molecular formula is C64H94N14O17S. The number of hydrogen-bond donors (Lipinski definition) is 11. The first-order valence-corrected chi connectivity index (χ1v) is 32.8. The summed E-state index contributed by atoms with van der Waals surface area (Å²) in [6, 6.07) is 12.7. The molecule has 2 aliphatic heterocycles. The molecule has 0 bridgehead atoms. The number of carbonyl (C=O) groups excluding carboxylic acids is 7. The first-order valence-electron chi connectivity index (χ1n) is 32.2. The highest BCUT2D eigenvalue weighted by Gasteiger charge is 2.44. The van der Waals surface area contributed by atoms with E-state index < -0.39 is 89.2 Å².